The van der Waals surface area contributed by atoms with E-state index in [0.29, 0.717) is 0 Å². The van der Waals surface area contributed by atoms with Gasteiger partial charge in [-0.05, 0) is 55.7 Å². The van der Waals surface area contributed by atoms with Crippen LogP contribution in [0.1, 0.15) is 30.6 Å². The molecule has 6 nitrogen and oxygen atoms in total. The maximum Gasteiger partial charge on any atom is 0.321 e. The fourth-order valence-corrected chi connectivity index (χ4v) is 5.73. The number of para-hydroxylation sites is 1. The van der Waals surface area contributed by atoms with Crippen LogP contribution in [0.2, 0.25) is 0 Å². The molecule has 0 unspecified atom stereocenters. The summed E-state index contributed by atoms with van der Waals surface area (Å²) in [7, 11) is 1.85. The first-order valence-electron chi connectivity index (χ1n) is 11.2. The van der Waals surface area contributed by atoms with Gasteiger partial charge in [-0.3, -0.25) is 4.90 Å². The third kappa shape index (κ3) is 3.83. The molecule has 5 rings (SSSR count). The summed E-state index contributed by atoms with van der Waals surface area (Å²) >= 11 is 3.43. The second-order valence-electron chi connectivity index (χ2n) is 9.08. The Morgan fingerprint density at radius 1 is 1.25 bits per heavy atom. The minimum absolute atomic E-state index is 0.00199. The monoisotopic (exact) mass is 496 g/mol. The number of aliphatic hydroxyl groups excluding tert-OH is 1. The van der Waals surface area contributed by atoms with Gasteiger partial charge in [0, 0.05) is 58.9 Å². The molecule has 7 heteroatoms. The molecule has 168 valence electrons. The van der Waals surface area contributed by atoms with Gasteiger partial charge in [0.1, 0.15) is 0 Å². The van der Waals surface area contributed by atoms with Crippen LogP contribution in [-0.4, -0.2) is 58.2 Å². The smallest absolute Gasteiger partial charge is 0.321 e. The number of carbonyl (C=O) groups is 1. The summed E-state index contributed by atoms with van der Waals surface area (Å²) in [6.45, 7) is 3.60. The number of hydrogen-bond donors (Lipinski definition) is 3. The lowest BCUT2D eigenvalue weighted by molar-refractivity contribution is -0.0177. The summed E-state index contributed by atoms with van der Waals surface area (Å²) in [4.78, 5) is 21.0. The van der Waals surface area contributed by atoms with Crippen molar-refractivity contribution < 1.29 is 9.90 Å². The Kier molecular flexibility index (Phi) is 5.73. The molecule has 3 aromatic rings. The van der Waals surface area contributed by atoms with Gasteiger partial charge in [0.05, 0.1) is 12.1 Å². The molecule has 0 radical (unpaired) electrons. The fourth-order valence-electron chi connectivity index (χ4n) is 5.46. The number of rotatable bonds is 3. The summed E-state index contributed by atoms with van der Waals surface area (Å²) in [5.74, 6) is -0.00199. The molecular formula is C25H29BrN4O2. The highest BCUT2D eigenvalue weighted by Gasteiger charge is 2.44. The normalized spacial score (nSPS) is 23.9. The lowest BCUT2D eigenvalue weighted by Crippen LogP contribution is -2.57. The van der Waals surface area contributed by atoms with E-state index >= 15 is 0 Å². The standard InChI is InChI=1S/C25H29BrN4O2/c1-15(31)20-14-30-12-11-19-18-5-3-4-6-21(18)28-24(19)23(30)13-22(20)29(2)25(32)27-17-9-7-16(26)8-10-17/h3-10,15,20,22-23,28,31H,11-14H2,1-2H3,(H,27,32)/t15-,20-,22-,23-/m0/s1. The molecule has 2 aromatic carbocycles. The van der Waals surface area contributed by atoms with E-state index in [9.17, 15) is 9.90 Å². The number of amides is 2. The van der Waals surface area contributed by atoms with Crippen LogP contribution in [-0.2, 0) is 6.42 Å². The first kappa shape index (κ1) is 21.5. The second kappa shape index (κ2) is 8.54. The number of nitrogens with one attached hydrogen (secondary N) is 2. The Morgan fingerprint density at radius 2 is 2.00 bits per heavy atom. The number of aromatic nitrogens is 1. The minimum atomic E-state index is -0.493. The van der Waals surface area contributed by atoms with Gasteiger partial charge in [-0.25, -0.2) is 4.79 Å². The fraction of sp³-hybridized carbons (Fsp3) is 0.400. The van der Waals surface area contributed by atoms with Crippen molar-refractivity contribution in [1.82, 2.24) is 14.8 Å². The maximum atomic E-state index is 13.1. The van der Waals surface area contributed by atoms with Crippen molar-refractivity contribution in [2.24, 2.45) is 5.92 Å². The number of urea groups is 1. The number of halogens is 1. The lowest BCUT2D eigenvalue weighted by Gasteiger charge is -2.49. The van der Waals surface area contributed by atoms with Crippen molar-refractivity contribution in [3.05, 3.63) is 64.3 Å². The quantitative estimate of drug-likeness (QED) is 0.489. The highest BCUT2D eigenvalue weighted by molar-refractivity contribution is 9.10. The van der Waals surface area contributed by atoms with Crippen LogP contribution in [0.4, 0.5) is 10.5 Å². The highest BCUT2D eigenvalue weighted by Crippen LogP contribution is 2.42. The zero-order chi connectivity index (χ0) is 22.4. The maximum absolute atomic E-state index is 13.1. The Bertz CT molecular complexity index is 1130. The predicted molar refractivity (Wildman–Crippen MR) is 131 cm³/mol. The van der Waals surface area contributed by atoms with E-state index in [4.69, 9.17) is 0 Å². The van der Waals surface area contributed by atoms with Gasteiger partial charge in [0.2, 0.25) is 0 Å². The summed E-state index contributed by atoms with van der Waals surface area (Å²) in [5, 5.41) is 14.9. The van der Waals surface area contributed by atoms with Crippen LogP contribution in [0, 0.1) is 5.92 Å². The number of nitrogens with zero attached hydrogens (tertiary/aromatic N) is 2. The molecule has 3 N–H and O–H groups in total. The molecule has 0 spiro atoms. The van der Waals surface area contributed by atoms with Crippen LogP contribution in [0.25, 0.3) is 10.9 Å². The Balaban J connectivity index is 1.42. The number of H-pyrrole nitrogens is 1. The lowest BCUT2D eigenvalue weighted by atomic mass is 9.80. The molecule has 32 heavy (non-hydrogen) atoms. The number of aromatic amines is 1. The van der Waals surface area contributed by atoms with Gasteiger partial charge in [-0.2, -0.15) is 0 Å². The zero-order valence-electron chi connectivity index (χ0n) is 18.4. The number of piperidine rings is 1. The van der Waals surface area contributed by atoms with Crippen LogP contribution in [0.5, 0.6) is 0 Å². The largest absolute Gasteiger partial charge is 0.393 e. The number of anilines is 1. The SMILES string of the molecule is C[C@H](O)[C@@H]1CN2CCc3c([nH]c4ccccc34)[C@@H]2C[C@@H]1N(C)C(=O)Nc1ccc(Br)cc1. The number of carbonyl (C=O) groups excluding carboxylic acids is 1. The van der Waals surface area contributed by atoms with Crippen molar-refractivity contribution in [2.75, 3.05) is 25.5 Å². The highest BCUT2D eigenvalue weighted by atomic mass is 79.9. The molecule has 0 bridgehead atoms. The molecule has 1 saturated heterocycles. The van der Waals surface area contributed by atoms with Crippen LogP contribution in [0.3, 0.4) is 0 Å². The summed E-state index contributed by atoms with van der Waals surface area (Å²) < 4.78 is 0.969. The molecule has 1 aromatic heterocycles. The van der Waals surface area contributed by atoms with Gasteiger partial charge < -0.3 is 20.3 Å². The van der Waals surface area contributed by atoms with Crippen molar-refractivity contribution in [1.29, 1.82) is 0 Å². The number of fused-ring (bicyclic) bond motifs is 5. The van der Waals surface area contributed by atoms with Gasteiger partial charge in [-0.1, -0.05) is 34.1 Å². The third-order valence-electron chi connectivity index (χ3n) is 7.21. The molecule has 0 saturated carbocycles. The van der Waals surface area contributed by atoms with Crippen molar-refractivity contribution in [3.8, 4) is 0 Å². The molecule has 2 amide bonds. The molecule has 1 fully saturated rings. The Hall–Kier alpha value is -2.35. The summed E-state index contributed by atoms with van der Waals surface area (Å²) in [6, 6.07) is 16.1. The zero-order valence-corrected chi connectivity index (χ0v) is 20.0. The Labute approximate surface area is 196 Å². The third-order valence-corrected chi connectivity index (χ3v) is 7.74. The van der Waals surface area contributed by atoms with Crippen molar-refractivity contribution in [2.45, 2.75) is 38.0 Å². The van der Waals surface area contributed by atoms with E-state index in [-0.39, 0.29) is 24.0 Å². The van der Waals surface area contributed by atoms with E-state index in [1.54, 1.807) is 4.90 Å². The first-order valence-corrected chi connectivity index (χ1v) is 12.0. The van der Waals surface area contributed by atoms with Crippen LogP contribution < -0.4 is 5.32 Å². The molecule has 2 aliphatic rings. The van der Waals surface area contributed by atoms with Gasteiger partial charge >= 0.3 is 6.03 Å². The van der Waals surface area contributed by atoms with Crippen molar-refractivity contribution >= 4 is 38.6 Å². The minimum Gasteiger partial charge on any atom is -0.393 e. The average molecular weight is 497 g/mol. The number of hydrogen-bond acceptors (Lipinski definition) is 3. The molecule has 4 atom stereocenters. The summed E-state index contributed by atoms with van der Waals surface area (Å²) in [5.41, 5.74) is 4.60. The number of benzene rings is 2. The Morgan fingerprint density at radius 3 is 2.75 bits per heavy atom. The van der Waals surface area contributed by atoms with E-state index in [2.05, 4.69) is 55.4 Å². The average Bonchev–Trinajstić information content (AvgIpc) is 3.18. The van der Waals surface area contributed by atoms with E-state index in [0.717, 1.165) is 36.1 Å². The summed E-state index contributed by atoms with van der Waals surface area (Å²) in [6.07, 6.45) is 1.31. The van der Waals surface area contributed by atoms with Gasteiger partial charge in [0.25, 0.3) is 0 Å². The number of aliphatic hydroxyl groups is 1. The van der Waals surface area contributed by atoms with Gasteiger partial charge in [-0.15, -0.1) is 0 Å². The topological polar surface area (TPSA) is 71.6 Å². The van der Waals surface area contributed by atoms with E-state index in [1.807, 2.05) is 38.2 Å². The predicted octanol–water partition coefficient (Wildman–Crippen LogP) is 4.76. The van der Waals surface area contributed by atoms with Crippen molar-refractivity contribution in [3.63, 3.8) is 0 Å². The van der Waals surface area contributed by atoms with E-state index < -0.39 is 6.10 Å². The van der Waals surface area contributed by atoms with Crippen LogP contribution >= 0.6 is 15.9 Å². The molecule has 0 aliphatic carbocycles. The van der Waals surface area contributed by atoms with E-state index in [1.165, 1.54) is 22.2 Å². The first-order chi connectivity index (χ1) is 15.4. The van der Waals surface area contributed by atoms with Crippen LogP contribution in [0.15, 0.2) is 53.0 Å². The molecule has 2 aliphatic heterocycles. The second-order valence-corrected chi connectivity index (χ2v) is 9.99. The molecule has 3 heterocycles. The van der Waals surface area contributed by atoms with Gasteiger partial charge in [0.15, 0.2) is 0 Å². The molecular weight excluding hydrogens is 468 g/mol.